The van der Waals surface area contributed by atoms with Crippen LogP contribution in [-0.4, -0.2) is 13.4 Å². The molecule has 0 radical (unpaired) electrons. The number of halogens is 4. The van der Waals surface area contributed by atoms with E-state index in [0.717, 1.165) is 3.51 Å². The molecular formula is C9H11F3IN. The van der Waals surface area contributed by atoms with Gasteiger partial charge in [-0.3, -0.25) is 0 Å². The standard InChI is InChI=1S/C9H11F3IN/c1-5(2)7-4-6(3)14-8(13-7)9(10,11)12/h4-5H,1-3H3. The van der Waals surface area contributed by atoms with E-state index in [2.05, 4.69) is 4.99 Å². The smallest absolute Gasteiger partial charge is 0.243 e. The normalized spacial score (nSPS) is 18.4. The van der Waals surface area contributed by atoms with Crippen molar-refractivity contribution in [2.75, 3.05) is 0 Å². The van der Waals surface area contributed by atoms with Crippen LogP contribution in [0.2, 0.25) is 0 Å². The Balaban J connectivity index is 3.08. The molecular weight excluding hydrogens is 306 g/mol. The fourth-order valence-corrected chi connectivity index (χ4v) is 3.56. The highest BCUT2D eigenvalue weighted by atomic mass is 127. The van der Waals surface area contributed by atoms with Gasteiger partial charge in [0, 0.05) is 5.70 Å². The molecule has 1 nitrogen and oxygen atoms in total. The lowest BCUT2D eigenvalue weighted by molar-refractivity contribution is -0.0545. The SMILES string of the molecule is CC1=CC(C(C)C)=IC(C(F)(F)F)=N1. The Bertz CT molecular complexity index is 323. The van der Waals surface area contributed by atoms with Crippen LogP contribution < -0.4 is 0 Å². The van der Waals surface area contributed by atoms with Crippen molar-refractivity contribution < 1.29 is 13.2 Å². The van der Waals surface area contributed by atoms with Gasteiger partial charge >= 0.3 is 6.18 Å². The van der Waals surface area contributed by atoms with Gasteiger partial charge in [-0.25, -0.2) is 4.99 Å². The Kier molecular flexibility index (Phi) is 3.49. The molecule has 0 saturated carbocycles. The Hall–Kier alpha value is -0.200. The summed E-state index contributed by atoms with van der Waals surface area (Å²) in [4.78, 5) is 3.57. The van der Waals surface area contributed by atoms with Gasteiger partial charge < -0.3 is 0 Å². The number of alkyl halides is 3. The first-order valence-corrected chi connectivity index (χ1v) is 6.32. The van der Waals surface area contributed by atoms with E-state index >= 15 is 0 Å². The molecule has 80 valence electrons. The molecule has 0 atom stereocenters. The molecule has 0 N–H and O–H groups in total. The lowest BCUT2D eigenvalue weighted by Crippen LogP contribution is -2.20. The molecule has 1 aliphatic rings. The second kappa shape index (κ2) is 4.12. The molecule has 5 heteroatoms. The fourth-order valence-electron chi connectivity index (χ4n) is 0.931. The second-order valence-corrected chi connectivity index (χ2v) is 6.13. The first-order chi connectivity index (χ1) is 6.30. The molecule has 0 unspecified atom stereocenters. The molecule has 0 bridgehead atoms. The number of allylic oxidation sites excluding steroid dienone is 2. The summed E-state index contributed by atoms with van der Waals surface area (Å²) in [5.74, 6) is 0.186. The van der Waals surface area contributed by atoms with Crippen molar-refractivity contribution in [3.05, 3.63) is 11.8 Å². The summed E-state index contributed by atoms with van der Waals surface area (Å²) >= 11 is -1.11. The maximum absolute atomic E-state index is 12.4. The molecule has 1 heterocycles. The number of hydrogen-bond donors (Lipinski definition) is 0. The van der Waals surface area contributed by atoms with Crippen molar-refractivity contribution in [2.24, 2.45) is 10.9 Å². The van der Waals surface area contributed by atoms with Crippen molar-refractivity contribution in [1.29, 1.82) is 0 Å². The number of rotatable bonds is 1. The maximum Gasteiger partial charge on any atom is 0.438 e. The summed E-state index contributed by atoms with van der Waals surface area (Å²) < 4.78 is 37.6. The van der Waals surface area contributed by atoms with Crippen LogP contribution in [0.1, 0.15) is 20.8 Å². The third-order valence-corrected chi connectivity index (χ3v) is 5.15. The van der Waals surface area contributed by atoms with Crippen molar-refractivity contribution in [3.63, 3.8) is 0 Å². The van der Waals surface area contributed by atoms with E-state index in [4.69, 9.17) is 0 Å². The Labute approximate surface area is 90.9 Å². The van der Waals surface area contributed by atoms with Crippen molar-refractivity contribution >= 4 is 28.0 Å². The van der Waals surface area contributed by atoms with E-state index in [1.165, 1.54) is 0 Å². The average molecular weight is 317 g/mol. The van der Waals surface area contributed by atoms with Crippen molar-refractivity contribution in [1.82, 2.24) is 0 Å². The van der Waals surface area contributed by atoms with E-state index in [-0.39, 0.29) is 5.92 Å². The van der Waals surface area contributed by atoms with Crippen LogP contribution in [0, 0.1) is 5.92 Å². The van der Waals surface area contributed by atoms with Crippen LogP contribution in [-0.2, 0) is 0 Å². The fraction of sp³-hybridized carbons (Fsp3) is 0.556. The minimum Gasteiger partial charge on any atom is -0.243 e. The molecule has 0 aromatic carbocycles. The Morgan fingerprint density at radius 3 is 2.36 bits per heavy atom. The summed E-state index contributed by atoms with van der Waals surface area (Å²) in [6.45, 7) is 5.44. The topological polar surface area (TPSA) is 12.4 Å². The zero-order valence-electron chi connectivity index (χ0n) is 8.11. The molecule has 0 fully saturated rings. The summed E-state index contributed by atoms with van der Waals surface area (Å²) in [5.41, 5.74) is 0.465. The lowest BCUT2D eigenvalue weighted by atomic mass is 10.1. The first-order valence-electron chi connectivity index (χ1n) is 4.16. The largest absolute Gasteiger partial charge is 0.438 e. The van der Waals surface area contributed by atoms with Crippen molar-refractivity contribution in [2.45, 2.75) is 26.9 Å². The maximum atomic E-state index is 12.4. The number of nitrogens with zero attached hydrogens (tertiary/aromatic N) is 1. The molecule has 0 saturated heterocycles. The summed E-state index contributed by atoms with van der Waals surface area (Å²) in [6, 6.07) is 0. The molecule has 14 heavy (non-hydrogen) atoms. The highest BCUT2D eigenvalue weighted by Gasteiger charge is 2.36. The summed E-state index contributed by atoms with van der Waals surface area (Å²) in [6.07, 6.45) is -2.46. The van der Waals surface area contributed by atoms with Gasteiger partial charge in [0.2, 0.25) is 0 Å². The van der Waals surface area contributed by atoms with E-state index in [1.54, 1.807) is 13.0 Å². The van der Waals surface area contributed by atoms with Crippen LogP contribution in [0.5, 0.6) is 0 Å². The molecule has 1 rings (SSSR count). The zero-order valence-corrected chi connectivity index (χ0v) is 10.3. The van der Waals surface area contributed by atoms with Crippen LogP contribution in [0.4, 0.5) is 13.2 Å². The van der Waals surface area contributed by atoms with Gasteiger partial charge in [-0.15, -0.1) is 0 Å². The predicted octanol–water partition coefficient (Wildman–Crippen LogP) is 3.66. The second-order valence-electron chi connectivity index (χ2n) is 3.32. The highest BCUT2D eigenvalue weighted by Crippen LogP contribution is 2.31. The summed E-state index contributed by atoms with van der Waals surface area (Å²) in [5, 5.41) is 0. The van der Waals surface area contributed by atoms with Gasteiger partial charge in [-0.1, -0.05) is 34.6 Å². The van der Waals surface area contributed by atoms with Gasteiger partial charge in [0.25, 0.3) is 0 Å². The lowest BCUT2D eigenvalue weighted by Gasteiger charge is -2.14. The monoisotopic (exact) mass is 317 g/mol. The van der Waals surface area contributed by atoms with Crippen LogP contribution in [0.15, 0.2) is 16.8 Å². The van der Waals surface area contributed by atoms with Crippen LogP contribution >= 0.6 is 20.7 Å². The van der Waals surface area contributed by atoms with Gasteiger partial charge in [-0.05, 0) is 22.4 Å². The van der Waals surface area contributed by atoms with Gasteiger partial charge in [0.1, 0.15) is 0 Å². The van der Waals surface area contributed by atoms with E-state index in [1.807, 2.05) is 13.8 Å². The van der Waals surface area contributed by atoms with E-state index < -0.39 is 30.6 Å². The third-order valence-electron chi connectivity index (χ3n) is 1.61. The minimum absolute atomic E-state index is 0.186. The molecule has 0 amide bonds. The van der Waals surface area contributed by atoms with Gasteiger partial charge in [0.15, 0.2) is 3.72 Å². The van der Waals surface area contributed by atoms with Crippen molar-refractivity contribution in [3.8, 4) is 0 Å². The minimum atomic E-state index is -4.25. The average Bonchev–Trinajstić information content (AvgIpc) is 2.01. The van der Waals surface area contributed by atoms with E-state index in [0.29, 0.717) is 5.70 Å². The molecule has 0 aromatic rings. The highest BCUT2D eigenvalue weighted by molar-refractivity contribution is 14.2. The van der Waals surface area contributed by atoms with Gasteiger partial charge in [0.05, 0.1) is 0 Å². The number of aliphatic imine (C=N–C) groups is 1. The predicted molar refractivity (Wildman–Crippen MR) is 61.1 cm³/mol. The quantitative estimate of drug-likeness (QED) is 0.655. The molecule has 0 aliphatic carbocycles. The van der Waals surface area contributed by atoms with E-state index in [9.17, 15) is 13.2 Å². The first kappa shape index (κ1) is 11.9. The Morgan fingerprint density at radius 1 is 1.36 bits per heavy atom. The molecule has 1 aliphatic heterocycles. The summed E-state index contributed by atoms with van der Waals surface area (Å²) in [7, 11) is 0. The third kappa shape index (κ3) is 2.90. The number of hydrogen-bond acceptors (Lipinski definition) is 1. The van der Waals surface area contributed by atoms with Crippen LogP contribution in [0.25, 0.3) is 0 Å². The van der Waals surface area contributed by atoms with Crippen LogP contribution in [0.3, 0.4) is 0 Å². The molecule has 0 spiro atoms. The molecule has 0 aromatic heterocycles. The Morgan fingerprint density at radius 2 is 1.93 bits per heavy atom. The van der Waals surface area contributed by atoms with Gasteiger partial charge in [-0.2, -0.15) is 13.2 Å². The zero-order chi connectivity index (χ0) is 10.9.